The van der Waals surface area contributed by atoms with Crippen molar-refractivity contribution in [1.82, 2.24) is 0 Å². The van der Waals surface area contributed by atoms with Crippen LogP contribution < -0.4 is 10.6 Å². The van der Waals surface area contributed by atoms with Gasteiger partial charge in [-0.2, -0.15) is 0 Å². The van der Waals surface area contributed by atoms with Gasteiger partial charge in [0.25, 0.3) is 0 Å². The summed E-state index contributed by atoms with van der Waals surface area (Å²) in [5.41, 5.74) is 6.88. The first-order valence-corrected chi connectivity index (χ1v) is 5.85. The van der Waals surface area contributed by atoms with E-state index in [1.807, 2.05) is 18.0 Å². The number of nitrogens with zero attached hydrogens (tertiary/aromatic N) is 1. The van der Waals surface area contributed by atoms with Crippen molar-refractivity contribution in [2.45, 2.75) is 32.2 Å². The molecule has 0 aliphatic carbocycles. The van der Waals surface area contributed by atoms with Crippen LogP contribution in [0.4, 0.5) is 10.1 Å². The van der Waals surface area contributed by atoms with Crippen LogP contribution in [0.5, 0.6) is 0 Å². The number of benzene rings is 1. The predicted octanol–water partition coefficient (Wildman–Crippen LogP) is 2.78. The molecule has 1 unspecified atom stereocenters. The van der Waals surface area contributed by atoms with Gasteiger partial charge in [0.15, 0.2) is 0 Å². The third-order valence-electron chi connectivity index (χ3n) is 2.69. The Kier molecular flexibility index (Phi) is 5.26. The molecule has 1 atom stereocenters. The van der Waals surface area contributed by atoms with Crippen LogP contribution in [0, 0.1) is 5.82 Å². The van der Waals surface area contributed by atoms with Gasteiger partial charge in [-0.1, -0.05) is 25.8 Å². The Balaban J connectivity index is 2.48. The van der Waals surface area contributed by atoms with Crippen LogP contribution in [0.2, 0.25) is 0 Å². The van der Waals surface area contributed by atoms with Gasteiger partial charge in [-0.15, -0.1) is 0 Å². The molecule has 0 aromatic heterocycles. The van der Waals surface area contributed by atoms with Crippen molar-refractivity contribution in [2.75, 3.05) is 18.5 Å². The summed E-state index contributed by atoms with van der Waals surface area (Å²) in [6, 6.07) is 6.77. The van der Waals surface area contributed by atoms with Crippen LogP contribution >= 0.6 is 0 Å². The lowest BCUT2D eigenvalue weighted by Gasteiger charge is -2.23. The van der Waals surface area contributed by atoms with E-state index in [-0.39, 0.29) is 11.9 Å². The van der Waals surface area contributed by atoms with Crippen LogP contribution in [0.1, 0.15) is 26.2 Å². The minimum Gasteiger partial charge on any atom is -0.373 e. The second kappa shape index (κ2) is 6.48. The van der Waals surface area contributed by atoms with Gasteiger partial charge in [-0.05, 0) is 24.6 Å². The molecule has 0 heterocycles. The Morgan fingerprint density at radius 1 is 1.44 bits per heavy atom. The van der Waals surface area contributed by atoms with Crippen molar-refractivity contribution < 1.29 is 4.39 Å². The summed E-state index contributed by atoms with van der Waals surface area (Å²) >= 11 is 0. The van der Waals surface area contributed by atoms with Gasteiger partial charge in [0.2, 0.25) is 0 Å². The molecular weight excluding hydrogens is 203 g/mol. The molecule has 0 bridgehead atoms. The highest BCUT2D eigenvalue weighted by Gasteiger charge is 2.07. The smallest absolute Gasteiger partial charge is 0.125 e. The summed E-state index contributed by atoms with van der Waals surface area (Å²) in [6.07, 6.45) is 3.34. The SMILES string of the molecule is CCCCC(N)CN(C)c1cccc(F)c1. The van der Waals surface area contributed by atoms with Gasteiger partial charge in [0.05, 0.1) is 0 Å². The topological polar surface area (TPSA) is 29.3 Å². The summed E-state index contributed by atoms with van der Waals surface area (Å²) in [4.78, 5) is 2.00. The maximum absolute atomic E-state index is 13.0. The molecular formula is C13H21FN2. The summed E-state index contributed by atoms with van der Waals surface area (Å²) in [7, 11) is 1.95. The molecule has 2 nitrogen and oxygen atoms in total. The van der Waals surface area contributed by atoms with E-state index in [2.05, 4.69) is 6.92 Å². The summed E-state index contributed by atoms with van der Waals surface area (Å²) in [5.74, 6) is -0.202. The molecule has 0 saturated heterocycles. The highest BCUT2D eigenvalue weighted by molar-refractivity contribution is 5.45. The van der Waals surface area contributed by atoms with Gasteiger partial charge in [0.1, 0.15) is 5.82 Å². The molecule has 1 aromatic carbocycles. The van der Waals surface area contributed by atoms with Crippen molar-refractivity contribution in [2.24, 2.45) is 5.73 Å². The fourth-order valence-corrected chi connectivity index (χ4v) is 1.73. The van der Waals surface area contributed by atoms with E-state index in [1.165, 1.54) is 12.1 Å². The summed E-state index contributed by atoms with van der Waals surface area (Å²) < 4.78 is 13.0. The number of halogens is 1. The zero-order valence-electron chi connectivity index (χ0n) is 10.1. The third-order valence-corrected chi connectivity index (χ3v) is 2.69. The molecule has 0 radical (unpaired) electrons. The highest BCUT2D eigenvalue weighted by Crippen LogP contribution is 2.14. The Hall–Kier alpha value is -1.09. The third kappa shape index (κ3) is 4.19. The number of anilines is 1. The monoisotopic (exact) mass is 224 g/mol. The Bertz CT molecular complexity index is 315. The van der Waals surface area contributed by atoms with Crippen molar-refractivity contribution in [3.05, 3.63) is 30.1 Å². The predicted molar refractivity (Wildman–Crippen MR) is 67.2 cm³/mol. The van der Waals surface area contributed by atoms with Gasteiger partial charge < -0.3 is 10.6 Å². The van der Waals surface area contributed by atoms with E-state index in [4.69, 9.17) is 5.73 Å². The molecule has 0 spiro atoms. The summed E-state index contributed by atoms with van der Waals surface area (Å²) in [6.45, 7) is 2.92. The lowest BCUT2D eigenvalue weighted by Crippen LogP contribution is -2.35. The van der Waals surface area contributed by atoms with Crippen LogP contribution in [0.15, 0.2) is 24.3 Å². The highest BCUT2D eigenvalue weighted by atomic mass is 19.1. The zero-order valence-corrected chi connectivity index (χ0v) is 10.1. The van der Waals surface area contributed by atoms with Gasteiger partial charge in [-0.25, -0.2) is 4.39 Å². The molecule has 16 heavy (non-hydrogen) atoms. The first-order chi connectivity index (χ1) is 7.63. The maximum atomic E-state index is 13.0. The Labute approximate surface area is 97.3 Å². The number of unbranched alkanes of at least 4 members (excludes halogenated alkanes) is 1. The molecule has 3 heteroatoms. The van der Waals surface area contributed by atoms with E-state index in [0.29, 0.717) is 0 Å². The van der Waals surface area contributed by atoms with Crippen molar-refractivity contribution in [3.63, 3.8) is 0 Å². The number of nitrogens with two attached hydrogens (primary N) is 1. The van der Waals surface area contributed by atoms with Crippen LogP contribution in [-0.4, -0.2) is 19.6 Å². The molecule has 0 amide bonds. The van der Waals surface area contributed by atoms with Crippen LogP contribution in [-0.2, 0) is 0 Å². The average molecular weight is 224 g/mol. The fraction of sp³-hybridized carbons (Fsp3) is 0.538. The second-order valence-electron chi connectivity index (χ2n) is 4.26. The molecule has 0 aliphatic heterocycles. The van der Waals surface area contributed by atoms with Crippen molar-refractivity contribution in [3.8, 4) is 0 Å². The molecule has 1 aromatic rings. The number of rotatable bonds is 6. The molecule has 0 aliphatic rings. The fourth-order valence-electron chi connectivity index (χ4n) is 1.73. The van der Waals surface area contributed by atoms with E-state index in [9.17, 15) is 4.39 Å². The van der Waals surface area contributed by atoms with E-state index in [1.54, 1.807) is 6.07 Å². The van der Waals surface area contributed by atoms with E-state index < -0.39 is 0 Å². The summed E-state index contributed by atoms with van der Waals surface area (Å²) in [5, 5.41) is 0. The Morgan fingerprint density at radius 2 is 2.19 bits per heavy atom. The zero-order chi connectivity index (χ0) is 12.0. The lowest BCUT2D eigenvalue weighted by molar-refractivity contribution is 0.571. The van der Waals surface area contributed by atoms with Gasteiger partial charge >= 0.3 is 0 Å². The van der Waals surface area contributed by atoms with E-state index >= 15 is 0 Å². The minimum atomic E-state index is -0.202. The minimum absolute atomic E-state index is 0.160. The molecule has 0 fully saturated rings. The maximum Gasteiger partial charge on any atom is 0.125 e. The number of hydrogen-bond donors (Lipinski definition) is 1. The quantitative estimate of drug-likeness (QED) is 0.805. The van der Waals surface area contributed by atoms with Crippen molar-refractivity contribution in [1.29, 1.82) is 0 Å². The van der Waals surface area contributed by atoms with Crippen LogP contribution in [0.3, 0.4) is 0 Å². The standard InChI is InChI=1S/C13H21FN2/c1-3-4-7-12(15)10-16(2)13-8-5-6-11(14)9-13/h5-6,8-9,12H,3-4,7,10,15H2,1-2H3. The molecule has 90 valence electrons. The first kappa shape index (κ1) is 13.0. The molecule has 2 N–H and O–H groups in total. The molecule has 1 rings (SSSR count). The number of likely N-dealkylation sites (N-methyl/N-ethyl adjacent to an activating group) is 1. The lowest BCUT2D eigenvalue weighted by atomic mass is 10.1. The van der Waals surface area contributed by atoms with E-state index in [0.717, 1.165) is 31.5 Å². The number of hydrogen-bond acceptors (Lipinski definition) is 2. The molecule has 0 saturated carbocycles. The van der Waals surface area contributed by atoms with Gasteiger partial charge in [-0.3, -0.25) is 0 Å². The normalized spacial score (nSPS) is 12.5. The largest absolute Gasteiger partial charge is 0.373 e. The Morgan fingerprint density at radius 3 is 2.81 bits per heavy atom. The van der Waals surface area contributed by atoms with Crippen LogP contribution in [0.25, 0.3) is 0 Å². The average Bonchev–Trinajstić information content (AvgIpc) is 2.26. The second-order valence-corrected chi connectivity index (χ2v) is 4.26. The first-order valence-electron chi connectivity index (χ1n) is 5.85. The van der Waals surface area contributed by atoms with Gasteiger partial charge in [0, 0.05) is 25.3 Å². The van der Waals surface area contributed by atoms with Crippen molar-refractivity contribution >= 4 is 5.69 Å².